The van der Waals surface area contributed by atoms with Crippen molar-refractivity contribution in [3.63, 3.8) is 0 Å². The van der Waals surface area contributed by atoms with Crippen molar-refractivity contribution in [2.24, 2.45) is 0 Å². The highest BCUT2D eigenvalue weighted by Gasteiger charge is 2.29. The quantitative estimate of drug-likeness (QED) is 0.610. The fraction of sp³-hybridized carbons (Fsp3) is 0.176. The van der Waals surface area contributed by atoms with Crippen molar-refractivity contribution in [3.8, 4) is 5.75 Å². The molecule has 1 aliphatic rings. The standard InChI is InChI=1S/C17H15Cl2N3O3S/c18-10-1-2-16-15(7-10)14-3-4-22(9-17(14)20-16)26(24,25)21-12-5-11(19)6-13(23)8-12/h1-2,5-8,20-21,23H,3-4,9H2. The van der Waals surface area contributed by atoms with Gasteiger partial charge in [0.15, 0.2) is 0 Å². The van der Waals surface area contributed by atoms with E-state index in [0.29, 0.717) is 18.0 Å². The van der Waals surface area contributed by atoms with Gasteiger partial charge in [0.1, 0.15) is 5.75 Å². The van der Waals surface area contributed by atoms with E-state index in [1.165, 1.54) is 22.5 Å². The Morgan fingerprint density at radius 1 is 1.12 bits per heavy atom. The normalized spacial score (nSPS) is 15.2. The number of hydrogen-bond donors (Lipinski definition) is 3. The van der Waals surface area contributed by atoms with Gasteiger partial charge in [-0.1, -0.05) is 23.2 Å². The number of phenols is 1. The lowest BCUT2D eigenvalue weighted by atomic mass is 10.0. The van der Waals surface area contributed by atoms with Crippen LogP contribution in [0, 0.1) is 0 Å². The van der Waals surface area contributed by atoms with E-state index in [-0.39, 0.29) is 23.0 Å². The molecular formula is C17H15Cl2N3O3S. The van der Waals surface area contributed by atoms with E-state index in [0.717, 1.165) is 22.2 Å². The predicted molar refractivity (Wildman–Crippen MR) is 103 cm³/mol. The average Bonchev–Trinajstić information content (AvgIpc) is 2.90. The van der Waals surface area contributed by atoms with Crippen LogP contribution >= 0.6 is 23.2 Å². The second-order valence-corrected chi connectivity index (χ2v) is 8.70. The fourth-order valence-corrected chi connectivity index (χ4v) is 4.82. The minimum absolute atomic E-state index is 0.108. The maximum Gasteiger partial charge on any atom is 0.302 e. The molecule has 0 saturated carbocycles. The molecule has 0 spiro atoms. The molecule has 1 aliphatic heterocycles. The third-order valence-corrected chi connectivity index (χ3v) is 6.31. The SMILES string of the molecule is O=S(=O)(Nc1cc(O)cc(Cl)c1)N1CCc2c([nH]c3ccc(Cl)cc23)C1. The Bertz CT molecular complexity index is 1090. The van der Waals surface area contributed by atoms with Gasteiger partial charge in [0.05, 0.1) is 12.2 Å². The van der Waals surface area contributed by atoms with E-state index in [2.05, 4.69) is 9.71 Å². The summed E-state index contributed by atoms with van der Waals surface area (Å²) >= 11 is 11.9. The Balaban J connectivity index is 1.62. The zero-order chi connectivity index (χ0) is 18.5. The molecule has 3 N–H and O–H groups in total. The maximum atomic E-state index is 12.7. The Kier molecular flexibility index (Phi) is 4.27. The molecule has 0 aliphatic carbocycles. The first-order chi connectivity index (χ1) is 12.3. The highest BCUT2D eigenvalue weighted by atomic mass is 35.5. The summed E-state index contributed by atoms with van der Waals surface area (Å²) < 4.78 is 29.2. The van der Waals surface area contributed by atoms with Crippen LogP contribution in [0.5, 0.6) is 5.75 Å². The number of halogens is 2. The summed E-state index contributed by atoms with van der Waals surface area (Å²) in [5.41, 5.74) is 3.10. The molecule has 9 heteroatoms. The van der Waals surface area contributed by atoms with Crippen LogP contribution in [0.1, 0.15) is 11.3 Å². The summed E-state index contributed by atoms with van der Waals surface area (Å²) in [4.78, 5) is 3.27. The molecule has 136 valence electrons. The molecule has 2 aromatic carbocycles. The summed E-state index contributed by atoms with van der Waals surface area (Å²) in [6.07, 6.45) is 0.581. The number of phenolic OH excluding ortho intramolecular Hbond substituents is 1. The van der Waals surface area contributed by atoms with E-state index in [1.807, 2.05) is 12.1 Å². The van der Waals surface area contributed by atoms with Gasteiger partial charge in [-0.2, -0.15) is 12.7 Å². The highest BCUT2D eigenvalue weighted by Crippen LogP contribution is 2.31. The molecular weight excluding hydrogens is 397 g/mol. The van der Waals surface area contributed by atoms with Gasteiger partial charge >= 0.3 is 10.2 Å². The summed E-state index contributed by atoms with van der Waals surface area (Å²) in [6.45, 7) is 0.567. The topological polar surface area (TPSA) is 85.4 Å². The number of fused-ring (bicyclic) bond motifs is 3. The monoisotopic (exact) mass is 411 g/mol. The molecule has 26 heavy (non-hydrogen) atoms. The molecule has 0 radical (unpaired) electrons. The number of nitrogens with one attached hydrogen (secondary N) is 2. The molecule has 4 rings (SSSR count). The van der Waals surface area contributed by atoms with Gasteiger partial charge in [0.2, 0.25) is 0 Å². The highest BCUT2D eigenvalue weighted by molar-refractivity contribution is 7.90. The first-order valence-electron chi connectivity index (χ1n) is 7.88. The Hall–Kier alpha value is -1.93. The molecule has 2 heterocycles. The third kappa shape index (κ3) is 3.23. The van der Waals surface area contributed by atoms with Gasteiger partial charge < -0.3 is 10.1 Å². The van der Waals surface area contributed by atoms with Crippen molar-refractivity contribution >= 4 is 50.0 Å². The number of nitrogens with zero attached hydrogens (tertiary/aromatic N) is 1. The Morgan fingerprint density at radius 3 is 2.69 bits per heavy atom. The smallest absolute Gasteiger partial charge is 0.302 e. The molecule has 0 amide bonds. The fourth-order valence-electron chi connectivity index (χ4n) is 3.24. The van der Waals surface area contributed by atoms with Gasteiger partial charge in [0, 0.05) is 39.3 Å². The van der Waals surface area contributed by atoms with Crippen LogP contribution in [0.4, 0.5) is 5.69 Å². The van der Waals surface area contributed by atoms with Gasteiger partial charge in [0.25, 0.3) is 0 Å². The number of rotatable bonds is 3. The average molecular weight is 412 g/mol. The molecule has 0 bridgehead atoms. The zero-order valence-corrected chi connectivity index (χ0v) is 15.8. The number of hydrogen-bond acceptors (Lipinski definition) is 3. The lowest BCUT2D eigenvalue weighted by molar-refractivity contribution is 0.391. The number of anilines is 1. The van der Waals surface area contributed by atoms with Gasteiger partial charge in [-0.15, -0.1) is 0 Å². The van der Waals surface area contributed by atoms with Crippen molar-refractivity contribution in [2.75, 3.05) is 11.3 Å². The summed E-state index contributed by atoms with van der Waals surface area (Å²) in [7, 11) is -3.79. The maximum absolute atomic E-state index is 12.7. The summed E-state index contributed by atoms with van der Waals surface area (Å²) in [5, 5.41) is 11.5. The van der Waals surface area contributed by atoms with Gasteiger partial charge in [-0.3, -0.25) is 4.72 Å². The van der Waals surface area contributed by atoms with Crippen LogP contribution < -0.4 is 4.72 Å². The summed E-state index contributed by atoms with van der Waals surface area (Å²) in [6, 6.07) is 9.67. The van der Waals surface area contributed by atoms with E-state index < -0.39 is 10.2 Å². The van der Waals surface area contributed by atoms with Crippen LogP contribution in [-0.2, 0) is 23.2 Å². The molecule has 3 aromatic rings. The minimum atomic E-state index is -3.79. The first-order valence-corrected chi connectivity index (χ1v) is 10.1. The lowest BCUT2D eigenvalue weighted by Gasteiger charge is -2.26. The number of H-pyrrole nitrogens is 1. The largest absolute Gasteiger partial charge is 0.508 e. The van der Waals surface area contributed by atoms with Crippen LogP contribution in [0.2, 0.25) is 10.0 Å². The van der Waals surface area contributed by atoms with Crippen molar-refractivity contribution in [3.05, 3.63) is 57.7 Å². The summed E-state index contributed by atoms with van der Waals surface area (Å²) in [5.74, 6) is -0.108. The Morgan fingerprint density at radius 2 is 1.92 bits per heavy atom. The zero-order valence-electron chi connectivity index (χ0n) is 13.5. The van der Waals surface area contributed by atoms with E-state index in [4.69, 9.17) is 23.2 Å². The van der Waals surface area contributed by atoms with E-state index >= 15 is 0 Å². The third-order valence-electron chi connectivity index (χ3n) is 4.37. The van der Waals surface area contributed by atoms with Crippen LogP contribution in [-0.4, -0.2) is 29.4 Å². The predicted octanol–water partition coefficient (Wildman–Crippen LogP) is 3.90. The minimum Gasteiger partial charge on any atom is -0.508 e. The lowest BCUT2D eigenvalue weighted by Crippen LogP contribution is -2.39. The van der Waals surface area contributed by atoms with Crippen molar-refractivity contribution < 1.29 is 13.5 Å². The van der Waals surface area contributed by atoms with Gasteiger partial charge in [-0.05, 0) is 42.3 Å². The molecule has 0 fully saturated rings. The Labute approximate surface area is 160 Å². The molecule has 0 atom stereocenters. The number of benzene rings is 2. The van der Waals surface area contributed by atoms with Crippen LogP contribution in [0.15, 0.2) is 36.4 Å². The second-order valence-electron chi connectivity index (χ2n) is 6.16. The number of aromatic hydroxyl groups is 1. The molecule has 6 nitrogen and oxygen atoms in total. The van der Waals surface area contributed by atoms with E-state index in [1.54, 1.807) is 6.07 Å². The van der Waals surface area contributed by atoms with E-state index in [9.17, 15) is 13.5 Å². The van der Waals surface area contributed by atoms with Crippen molar-refractivity contribution in [1.29, 1.82) is 0 Å². The van der Waals surface area contributed by atoms with Gasteiger partial charge in [-0.25, -0.2) is 0 Å². The molecule has 1 aromatic heterocycles. The number of aromatic amines is 1. The second kappa shape index (κ2) is 6.35. The van der Waals surface area contributed by atoms with Crippen LogP contribution in [0.25, 0.3) is 10.9 Å². The van der Waals surface area contributed by atoms with Crippen molar-refractivity contribution in [2.45, 2.75) is 13.0 Å². The molecule has 0 unspecified atom stereocenters. The molecule has 0 saturated heterocycles. The van der Waals surface area contributed by atoms with Crippen LogP contribution in [0.3, 0.4) is 0 Å². The number of aromatic nitrogens is 1. The van der Waals surface area contributed by atoms with Crippen molar-refractivity contribution in [1.82, 2.24) is 9.29 Å². The first kappa shape index (κ1) is 17.5.